The molecule has 1 aromatic carbocycles. The van der Waals surface area contributed by atoms with Crippen molar-refractivity contribution in [2.24, 2.45) is 0 Å². The van der Waals surface area contributed by atoms with Crippen molar-refractivity contribution in [1.82, 2.24) is 9.55 Å². The van der Waals surface area contributed by atoms with Crippen LogP contribution in [0.4, 0.5) is 26.3 Å². The highest BCUT2D eigenvalue weighted by Crippen LogP contribution is 2.41. The molecule has 1 aromatic heterocycles. The van der Waals surface area contributed by atoms with Gasteiger partial charge in [-0.15, -0.1) is 0 Å². The second kappa shape index (κ2) is 6.71. The Morgan fingerprint density at radius 3 is 2.38 bits per heavy atom. The highest BCUT2D eigenvalue weighted by molar-refractivity contribution is 9.10. The van der Waals surface area contributed by atoms with Gasteiger partial charge in [-0.25, -0.2) is 4.98 Å². The van der Waals surface area contributed by atoms with Crippen LogP contribution in [0.25, 0.3) is 0 Å². The summed E-state index contributed by atoms with van der Waals surface area (Å²) in [5.41, 5.74) is -1.97. The van der Waals surface area contributed by atoms with Gasteiger partial charge in [0, 0.05) is 22.4 Å². The van der Waals surface area contributed by atoms with Gasteiger partial charge in [0.25, 0.3) is 5.17 Å². The number of halogens is 7. The van der Waals surface area contributed by atoms with Gasteiger partial charge in [-0.3, -0.25) is 4.57 Å². The molecule has 0 aliphatic heterocycles. The summed E-state index contributed by atoms with van der Waals surface area (Å²) < 4.78 is 83.8. The second-order valence-corrected chi connectivity index (χ2v) is 5.71. The van der Waals surface area contributed by atoms with Gasteiger partial charge >= 0.3 is 12.4 Å². The molecular formula is C13H7BrF6N2OS. The van der Waals surface area contributed by atoms with Crippen molar-refractivity contribution in [1.29, 1.82) is 0 Å². The van der Waals surface area contributed by atoms with Crippen LogP contribution in [0.5, 0.6) is 0 Å². The van der Waals surface area contributed by atoms with Gasteiger partial charge in [-0.2, -0.15) is 26.3 Å². The number of alkyl halides is 6. The molecule has 0 aliphatic rings. The van der Waals surface area contributed by atoms with Crippen LogP contribution in [-0.4, -0.2) is 20.9 Å². The summed E-state index contributed by atoms with van der Waals surface area (Å²) in [6.45, 7) is 0. The first-order valence-electron chi connectivity index (χ1n) is 6.12. The number of imidazole rings is 1. The van der Waals surface area contributed by atoms with Crippen LogP contribution < -0.4 is 0 Å². The lowest BCUT2D eigenvalue weighted by Gasteiger charge is -2.24. The van der Waals surface area contributed by atoms with Crippen molar-refractivity contribution >= 4 is 33.3 Å². The third-order valence-electron chi connectivity index (χ3n) is 2.84. The van der Waals surface area contributed by atoms with E-state index < -0.39 is 34.8 Å². The normalized spacial score (nSPS) is 13.6. The van der Waals surface area contributed by atoms with Gasteiger partial charge in [0.2, 0.25) is 6.10 Å². The molecule has 2 rings (SSSR count). The maximum absolute atomic E-state index is 13.3. The number of rotatable bonds is 2. The number of hydrogen-bond donors (Lipinski definition) is 0. The molecule has 0 aliphatic carbocycles. The highest BCUT2D eigenvalue weighted by Gasteiger charge is 2.45. The number of nitrogens with zero attached hydrogens (tertiary/aromatic N) is 2. The molecule has 24 heavy (non-hydrogen) atoms. The van der Waals surface area contributed by atoms with Crippen LogP contribution in [0, 0.1) is 0 Å². The minimum Gasteiger partial charge on any atom is -0.452 e. The second-order valence-electron chi connectivity index (χ2n) is 4.51. The molecule has 0 saturated heterocycles. The molecule has 0 bridgehead atoms. The van der Waals surface area contributed by atoms with E-state index in [1.807, 2.05) is 0 Å². The lowest BCUT2D eigenvalue weighted by atomic mass is 10.1. The minimum atomic E-state index is -4.99. The quantitative estimate of drug-likeness (QED) is 0.486. The van der Waals surface area contributed by atoms with Crippen molar-refractivity contribution < 1.29 is 31.1 Å². The van der Waals surface area contributed by atoms with Crippen LogP contribution >= 0.6 is 28.1 Å². The number of aromatic nitrogens is 2. The molecule has 3 nitrogen and oxygen atoms in total. The standard InChI is InChI=1S/C13H7BrF6N2OS/c14-9-2-1-7(12(15,16)17)5-8(9)10(13(18,19)20)23-11(24)22-4-3-21-6-22/h1-6,10H. The maximum atomic E-state index is 13.3. The Kier molecular flexibility index (Phi) is 5.23. The fraction of sp³-hybridized carbons (Fsp3) is 0.231. The van der Waals surface area contributed by atoms with Crippen LogP contribution in [0.1, 0.15) is 17.2 Å². The van der Waals surface area contributed by atoms with Gasteiger partial charge < -0.3 is 4.74 Å². The Balaban J connectivity index is 2.44. The molecule has 1 atom stereocenters. The van der Waals surface area contributed by atoms with E-state index in [0.29, 0.717) is 12.1 Å². The summed E-state index contributed by atoms with van der Waals surface area (Å²) in [6, 6.07) is 1.91. The van der Waals surface area contributed by atoms with Crippen molar-refractivity contribution in [2.75, 3.05) is 0 Å². The topological polar surface area (TPSA) is 27.1 Å². The van der Waals surface area contributed by atoms with Crippen molar-refractivity contribution in [3.8, 4) is 0 Å². The van der Waals surface area contributed by atoms with E-state index in [4.69, 9.17) is 17.0 Å². The van der Waals surface area contributed by atoms with E-state index in [9.17, 15) is 26.3 Å². The van der Waals surface area contributed by atoms with Crippen LogP contribution in [-0.2, 0) is 10.9 Å². The van der Waals surface area contributed by atoms with E-state index in [-0.39, 0.29) is 4.47 Å². The van der Waals surface area contributed by atoms with E-state index in [1.54, 1.807) is 0 Å². The molecule has 1 heterocycles. The summed E-state index contributed by atoms with van der Waals surface area (Å²) in [7, 11) is 0. The van der Waals surface area contributed by atoms with Crippen molar-refractivity contribution in [2.45, 2.75) is 18.5 Å². The first-order valence-corrected chi connectivity index (χ1v) is 7.32. The van der Waals surface area contributed by atoms with E-state index in [2.05, 4.69) is 20.9 Å². The van der Waals surface area contributed by atoms with E-state index in [0.717, 1.165) is 17.0 Å². The number of thiocarbonyl (C=S) groups is 1. The maximum Gasteiger partial charge on any atom is 0.429 e. The first-order chi connectivity index (χ1) is 11.0. The number of hydrogen-bond acceptors (Lipinski definition) is 3. The lowest BCUT2D eigenvalue weighted by Crippen LogP contribution is -2.28. The highest BCUT2D eigenvalue weighted by atomic mass is 79.9. The SMILES string of the molecule is FC(F)(F)c1ccc(Br)c(C(OC(=S)n2ccnc2)C(F)(F)F)c1. The van der Waals surface area contributed by atoms with Crippen LogP contribution in [0.3, 0.4) is 0 Å². The Bertz CT molecular complexity index is 729. The number of ether oxygens (including phenoxy) is 1. The van der Waals surface area contributed by atoms with Gasteiger partial charge in [0.15, 0.2) is 0 Å². The molecule has 0 fully saturated rings. The van der Waals surface area contributed by atoms with Crippen molar-refractivity contribution in [3.05, 3.63) is 52.5 Å². The molecule has 0 radical (unpaired) electrons. The molecule has 11 heteroatoms. The molecule has 0 spiro atoms. The first kappa shape index (κ1) is 18.7. The fourth-order valence-electron chi connectivity index (χ4n) is 1.76. The number of benzene rings is 1. The van der Waals surface area contributed by atoms with Crippen molar-refractivity contribution in [3.63, 3.8) is 0 Å². The molecular weight excluding hydrogens is 426 g/mol. The average Bonchev–Trinajstić information content (AvgIpc) is 2.97. The monoisotopic (exact) mass is 432 g/mol. The molecule has 0 saturated carbocycles. The van der Waals surface area contributed by atoms with E-state index >= 15 is 0 Å². The average molecular weight is 433 g/mol. The van der Waals surface area contributed by atoms with Crippen LogP contribution in [0.2, 0.25) is 0 Å². The minimum absolute atomic E-state index is 0.189. The smallest absolute Gasteiger partial charge is 0.429 e. The summed E-state index contributed by atoms with van der Waals surface area (Å²) in [5.74, 6) is 0. The molecule has 1 unspecified atom stereocenters. The zero-order valence-corrected chi connectivity index (χ0v) is 13.8. The Hall–Kier alpha value is -1.62. The van der Waals surface area contributed by atoms with Gasteiger partial charge in [-0.05, 0) is 30.4 Å². The lowest BCUT2D eigenvalue weighted by molar-refractivity contribution is -0.202. The summed E-state index contributed by atoms with van der Waals surface area (Å²) >= 11 is 7.55. The third-order valence-corrected chi connectivity index (χ3v) is 3.87. The summed E-state index contributed by atoms with van der Waals surface area (Å²) in [5, 5.41) is -0.598. The predicted octanol–water partition coefficient (Wildman–Crippen LogP) is 5.12. The largest absolute Gasteiger partial charge is 0.452 e. The summed E-state index contributed by atoms with van der Waals surface area (Å²) in [6.07, 6.45) is -8.84. The van der Waals surface area contributed by atoms with Gasteiger partial charge in [0.05, 0.1) is 5.56 Å². The molecule has 0 amide bonds. The Labute approximate surface area is 145 Å². The Morgan fingerprint density at radius 2 is 1.88 bits per heavy atom. The molecule has 2 aromatic rings. The molecule has 0 N–H and O–H groups in total. The van der Waals surface area contributed by atoms with E-state index in [1.165, 1.54) is 12.4 Å². The Morgan fingerprint density at radius 1 is 1.21 bits per heavy atom. The van der Waals surface area contributed by atoms with Gasteiger partial charge in [0.1, 0.15) is 6.33 Å². The molecule has 130 valence electrons. The summed E-state index contributed by atoms with van der Waals surface area (Å²) in [4.78, 5) is 3.61. The zero-order chi connectivity index (χ0) is 18.1. The zero-order valence-electron chi connectivity index (χ0n) is 11.4. The fourth-order valence-corrected chi connectivity index (χ4v) is 2.42. The predicted molar refractivity (Wildman–Crippen MR) is 79.2 cm³/mol. The third kappa shape index (κ3) is 4.26. The van der Waals surface area contributed by atoms with Gasteiger partial charge in [-0.1, -0.05) is 15.9 Å². The van der Waals surface area contributed by atoms with Crippen LogP contribution in [0.15, 0.2) is 41.4 Å².